The van der Waals surface area contributed by atoms with E-state index in [0.29, 0.717) is 0 Å². The SMILES string of the molecule is C=CCC(C)(C)C(C)(CC=CC)C(C)=C(C)C. The van der Waals surface area contributed by atoms with Crippen molar-refractivity contribution < 1.29 is 0 Å². The summed E-state index contributed by atoms with van der Waals surface area (Å²) in [7, 11) is 0. The fourth-order valence-corrected chi connectivity index (χ4v) is 2.43. The zero-order valence-corrected chi connectivity index (χ0v) is 12.9. The van der Waals surface area contributed by atoms with Crippen molar-refractivity contribution in [2.75, 3.05) is 0 Å². The van der Waals surface area contributed by atoms with Gasteiger partial charge in [-0.1, -0.05) is 50.1 Å². The van der Waals surface area contributed by atoms with E-state index in [-0.39, 0.29) is 10.8 Å². The van der Waals surface area contributed by atoms with Gasteiger partial charge in [-0.25, -0.2) is 0 Å². The monoisotopic (exact) mass is 234 g/mol. The molecule has 0 amide bonds. The Hall–Kier alpha value is -0.780. The maximum Gasteiger partial charge on any atom is -0.00282 e. The summed E-state index contributed by atoms with van der Waals surface area (Å²) in [6, 6.07) is 0. The van der Waals surface area contributed by atoms with E-state index in [9.17, 15) is 0 Å². The van der Waals surface area contributed by atoms with Gasteiger partial charge in [0.25, 0.3) is 0 Å². The minimum atomic E-state index is 0.201. The molecule has 0 aliphatic heterocycles. The third kappa shape index (κ3) is 3.59. The first-order chi connectivity index (χ1) is 7.73. The Balaban J connectivity index is 5.53. The van der Waals surface area contributed by atoms with Crippen molar-refractivity contribution in [3.63, 3.8) is 0 Å². The average molecular weight is 234 g/mol. The van der Waals surface area contributed by atoms with Crippen molar-refractivity contribution >= 4 is 0 Å². The molecular weight excluding hydrogens is 204 g/mol. The van der Waals surface area contributed by atoms with Crippen LogP contribution in [0.5, 0.6) is 0 Å². The van der Waals surface area contributed by atoms with Gasteiger partial charge in [-0.15, -0.1) is 6.58 Å². The Labute approximate surface area is 109 Å². The third-order valence-corrected chi connectivity index (χ3v) is 4.49. The van der Waals surface area contributed by atoms with Gasteiger partial charge in [0.1, 0.15) is 0 Å². The van der Waals surface area contributed by atoms with Crippen molar-refractivity contribution in [3.8, 4) is 0 Å². The Bertz CT molecular complexity index is 311. The minimum Gasteiger partial charge on any atom is -0.103 e. The summed E-state index contributed by atoms with van der Waals surface area (Å²) in [5.41, 5.74) is 3.39. The van der Waals surface area contributed by atoms with E-state index in [0.717, 1.165) is 12.8 Å². The molecule has 0 heteroatoms. The number of hydrogen-bond acceptors (Lipinski definition) is 0. The maximum atomic E-state index is 3.91. The van der Waals surface area contributed by atoms with Crippen molar-refractivity contribution in [2.45, 2.75) is 61.3 Å². The quantitative estimate of drug-likeness (QED) is 0.501. The van der Waals surface area contributed by atoms with Crippen LogP contribution >= 0.6 is 0 Å². The lowest BCUT2D eigenvalue weighted by molar-refractivity contribution is 0.134. The topological polar surface area (TPSA) is 0 Å². The van der Waals surface area contributed by atoms with Crippen LogP contribution < -0.4 is 0 Å². The largest absolute Gasteiger partial charge is 0.103 e. The second-order valence-electron chi connectivity index (χ2n) is 6.11. The summed E-state index contributed by atoms with van der Waals surface area (Å²) < 4.78 is 0. The molecular formula is C17H30. The highest BCUT2D eigenvalue weighted by molar-refractivity contribution is 5.22. The Morgan fingerprint density at radius 1 is 1.06 bits per heavy atom. The molecule has 1 atom stereocenters. The second kappa shape index (κ2) is 6.23. The standard InChI is InChI=1S/C17H30/c1-9-11-13-17(8,15(5)14(3)4)16(6,7)12-10-2/h9-11H,2,12-13H2,1,3-8H3. The summed E-state index contributed by atoms with van der Waals surface area (Å²) in [5.74, 6) is 0. The van der Waals surface area contributed by atoms with Crippen LogP contribution in [-0.2, 0) is 0 Å². The van der Waals surface area contributed by atoms with E-state index in [4.69, 9.17) is 0 Å². The van der Waals surface area contributed by atoms with Gasteiger partial charge in [0.15, 0.2) is 0 Å². The van der Waals surface area contributed by atoms with Crippen LogP contribution in [0, 0.1) is 10.8 Å². The summed E-state index contributed by atoms with van der Waals surface area (Å²) in [5, 5.41) is 0. The molecule has 0 saturated heterocycles. The van der Waals surface area contributed by atoms with E-state index in [2.05, 4.69) is 67.2 Å². The lowest BCUT2D eigenvalue weighted by atomic mass is 9.59. The summed E-state index contributed by atoms with van der Waals surface area (Å²) in [4.78, 5) is 0. The highest BCUT2D eigenvalue weighted by atomic mass is 14.4. The van der Waals surface area contributed by atoms with Crippen molar-refractivity contribution in [1.82, 2.24) is 0 Å². The molecule has 0 aromatic heterocycles. The zero-order chi connectivity index (χ0) is 13.7. The molecule has 98 valence electrons. The molecule has 0 radical (unpaired) electrons. The Kier molecular flexibility index (Phi) is 5.95. The van der Waals surface area contributed by atoms with Gasteiger partial charge < -0.3 is 0 Å². The molecule has 1 unspecified atom stereocenters. The first-order valence-corrected chi connectivity index (χ1v) is 6.59. The predicted molar refractivity (Wildman–Crippen MR) is 80.2 cm³/mol. The van der Waals surface area contributed by atoms with Gasteiger partial charge >= 0.3 is 0 Å². The fourth-order valence-electron chi connectivity index (χ4n) is 2.43. The molecule has 0 spiro atoms. The lowest BCUT2D eigenvalue weighted by Gasteiger charge is -2.45. The smallest absolute Gasteiger partial charge is 0.00282 e. The lowest BCUT2D eigenvalue weighted by Crippen LogP contribution is -2.36. The van der Waals surface area contributed by atoms with Gasteiger partial charge in [0.05, 0.1) is 0 Å². The van der Waals surface area contributed by atoms with E-state index in [1.165, 1.54) is 11.1 Å². The minimum absolute atomic E-state index is 0.201. The zero-order valence-electron chi connectivity index (χ0n) is 12.9. The Morgan fingerprint density at radius 2 is 1.59 bits per heavy atom. The second-order valence-corrected chi connectivity index (χ2v) is 6.11. The number of hydrogen-bond donors (Lipinski definition) is 0. The molecule has 0 bridgehead atoms. The van der Waals surface area contributed by atoms with Crippen LogP contribution in [0.25, 0.3) is 0 Å². The first-order valence-electron chi connectivity index (χ1n) is 6.59. The molecule has 0 saturated carbocycles. The highest BCUT2D eigenvalue weighted by Crippen LogP contribution is 2.50. The fraction of sp³-hybridized carbons (Fsp3) is 0.647. The van der Waals surface area contributed by atoms with Crippen LogP contribution in [0.3, 0.4) is 0 Å². The first kappa shape index (κ1) is 16.2. The molecule has 17 heavy (non-hydrogen) atoms. The van der Waals surface area contributed by atoms with E-state index >= 15 is 0 Å². The van der Waals surface area contributed by atoms with Crippen LogP contribution in [0.4, 0.5) is 0 Å². The molecule has 0 heterocycles. The Morgan fingerprint density at radius 3 is 1.94 bits per heavy atom. The van der Waals surface area contributed by atoms with Crippen LogP contribution in [0.1, 0.15) is 61.3 Å². The molecule has 0 aliphatic rings. The summed E-state index contributed by atoms with van der Waals surface area (Å²) >= 11 is 0. The molecule has 0 aliphatic carbocycles. The molecule has 0 aromatic rings. The van der Waals surface area contributed by atoms with E-state index in [1.807, 2.05) is 6.08 Å². The van der Waals surface area contributed by atoms with Gasteiger partial charge in [0.2, 0.25) is 0 Å². The van der Waals surface area contributed by atoms with Crippen LogP contribution in [0.2, 0.25) is 0 Å². The summed E-state index contributed by atoms with van der Waals surface area (Å²) in [6.45, 7) is 19.8. The van der Waals surface area contributed by atoms with Gasteiger partial charge in [-0.3, -0.25) is 0 Å². The normalized spacial score (nSPS) is 15.7. The molecule has 0 rings (SSSR count). The van der Waals surface area contributed by atoms with Gasteiger partial charge in [0, 0.05) is 0 Å². The highest BCUT2D eigenvalue weighted by Gasteiger charge is 2.40. The van der Waals surface area contributed by atoms with Crippen LogP contribution in [0.15, 0.2) is 36.0 Å². The molecule has 0 fully saturated rings. The average Bonchev–Trinajstić information content (AvgIpc) is 2.24. The molecule has 0 N–H and O–H groups in total. The van der Waals surface area contributed by atoms with Crippen molar-refractivity contribution in [3.05, 3.63) is 36.0 Å². The third-order valence-electron chi connectivity index (χ3n) is 4.49. The predicted octanol–water partition coefficient (Wildman–Crippen LogP) is 5.92. The summed E-state index contributed by atoms with van der Waals surface area (Å²) in [6.07, 6.45) is 8.64. The molecule has 0 nitrogen and oxygen atoms in total. The van der Waals surface area contributed by atoms with Crippen LogP contribution in [-0.4, -0.2) is 0 Å². The van der Waals surface area contributed by atoms with Crippen molar-refractivity contribution in [1.29, 1.82) is 0 Å². The van der Waals surface area contributed by atoms with E-state index in [1.54, 1.807) is 0 Å². The van der Waals surface area contributed by atoms with E-state index < -0.39 is 0 Å². The maximum absolute atomic E-state index is 3.91. The molecule has 0 aromatic carbocycles. The van der Waals surface area contributed by atoms with Crippen molar-refractivity contribution in [2.24, 2.45) is 10.8 Å². The number of rotatable bonds is 6. The van der Waals surface area contributed by atoms with Gasteiger partial charge in [-0.05, 0) is 51.4 Å². The van der Waals surface area contributed by atoms with Gasteiger partial charge in [-0.2, -0.15) is 0 Å². The number of allylic oxidation sites excluding steroid dienone is 5.